The maximum atomic E-state index is 10.8. The highest BCUT2D eigenvalue weighted by atomic mass is 16.6. The summed E-state index contributed by atoms with van der Waals surface area (Å²) in [7, 11) is 0. The molecule has 5 heteroatoms. The third kappa shape index (κ3) is 2.68. The largest absolute Gasteiger partial charge is 0.367 e. The molecule has 0 amide bonds. The van der Waals surface area contributed by atoms with Gasteiger partial charge >= 0.3 is 0 Å². The van der Waals surface area contributed by atoms with Gasteiger partial charge in [0.2, 0.25) is 0 Å². The molecule has 5 nitrogen and oxygen atoms in total. The van der Waals surface area contributed by atoms with Crippen LogP contribution in [0.3, 0.4) is 0 Å². The van der Waals surface area contributed by atoms with Gasteiger partial charge in [-0.15, -0.1) is 0 Å². The fourth-order valence-electron chi connectivity index (χ4n) is 2.72. The maximum absolute atomic E-state index is 10.8. The van der Waals surface area contributed by atoms with Crippen molar-refractivity contribution in [3.8, 4) is 6.07 Å². The average molecular weight is 259 g/mol. The van der Waals surface area contributed by atoms with E-state index in [9.17, 15) is 15.4 Å². The van der Waals surface area contributed by atoms with E-state index >= 15 is 0 Å². The minimum Gasteiger partial charge on any atom is -0.367 e. The molecule has 0 spiro atoms. The Labute approximate surface area is 112 Å². The van der Waals surface area contributed by atoms with Gasteiger partial charge in [-0.25, -0.2) is 0 Å². The molecule has 1 saturated heterocycles. The molecule has 0 aromatic heterocycles. The Morgan fingerprint density at radius 1 is 1.53 bits per heavy atom. The number of hydrogen-bond donors (Lipinski definition) is 0. The van der Waals surface area contributed by atoms with E-state index in [0.717, 1.165) is 31.5 Å². The van der Waals surface area contributed by atoms with Crippen LogP contribution in [-0.4, -0.2) is 17.5 Å². The van der Waals surface area contributed by atoms with Crippen LogP contribution in [0.1, 0.15) is 38.2 Å². The van der Waals surface area contributed by atoms with Gasteiger partial charge in [0.1, 0.15) is 6.07 Å². The normalized spacial score (nSPS) is 18.9. The van der Waals surface area contributed by atoms with Crippen LogP contribution >= 0.6 is 0 Å². The standard InChI is InChI=1S/C14H17N3O2/c1-2-12-5-3-4-8-16(12)14-7-6-13(17(18)19)9-11(14)10-15/h6-7,9,12H,2-5,8H2,1H3/t12-/m0/s1. The molecule has 0 radical (unpaired) electrons. The molecule has 0 N–H and O–H groups in total. The topological polar surface area (TPSA) is 70.2 Å². The van der Waals surface area contributed by atoms with Crippen LogP contribution in [0.15, 0.2) is 18.2 Å². The van der Waals surface area contributed by atoms with Crippen molar-refractivity contribution >= 4 is 11.4 Å². The molecule has 1 fully saturated rings. The van der Waals surface area contributed by atoms with Crippen molar-refractivity contribution in [2.45, 2.75) is 38.6 Å². The van der Waals surface area contributed by atoms with Gasteiger partial charge < -0.3 is 4.90 Å². The van der Waals surface area contributed by atoms with Gasteiger partial charge in [0, 0.05) is 24.7 Å². The highest BCUT2D eigenvalue weighted by Crippen LogP contribution is 2.31. The van der Waals surface area contributed by atoms with Crippen molar-refractivity contribution in [2.75, 3.05) is 11.4 Å². The number of nitro groups is 1. The molecule has 2 rings (SSSR count). The van der Waals surface area contributed by atoms with Crippen LogP contribution in [0, 0.1) is 21.4 Å². The number of rotatable bonds is 3. The van der Waals surface area contributed by atoms with Gasteiger partial charge in [-0.2, -0.15) is 5.26 Å². The lowest BCUT2D eigenvalue weighted by atomic mass is 9.98. The molecule has 1 aromatic rings. The molecule has 0 aliphatic carbocycles. The average Bonchev–Trinajstić information content (AvgIpc) is 2.46. The first-order chi connectivity index (χ1) is 9.17. The summed E-state index contributed by atoms with van der Waals surface area (Å²) < 4.78 is 0. The zero-order chi connectivity index (χ0) is 13.8. The summed E-state index contributed by atoms with van der Waals surface area (Å²) in [6.07, 6.45) is 4.47. The highest BCUT2D eigenvalue weighted by molar-refractivity contribution is 5.63. The van der Waals surface area contributed by atoms with Crippen LogP contribution in [0.4, 0.5) is 11.4 Å². The molecule has 1 aliphatic heterocycles. The zero-order valence-electron chi connectivity index (χ0n) is 11.0. The number of benzene rings is 1. The lowest BCUT2D eigenvalue weighted by molar-refractivity contribution is -0.384. The Kier molecular flexibility index (Phi) is 4.00. The molecule has 1 aromatic carbocycles. The summed E-state index contributed by atoms with van der Waals surface area (Å²) in [6.45, 7) is 3.06. The molecule has 19 heavy (non-hydrogen) atoms. The number of hydrogen-bond acceptors (Lipinski definition) is 4. The summed E-state index contributed by atoms with van der Waals surface area (Å²) in [5.74, 6) is 0. The smallest absolute Gasteiger partial charge is 0.270 e. The van der Waals surface area contributed by atoms with Gasteiger partial charge in [0.05, 0.1) is 16.2 Å². The molecule has 1 heterocycles. The minimum absolute atomic E-state index is 0.0228. The summed E-state index contributed by atoms with van der Waals surface area (Å²) >= 11 is 0. The number of anilines is 1. The lowest BCUT2D eigenvalue weighted by Crippen LogP contribution is -2.39. The van der Waals surface area contributed by atoms with E-state index in [1.54, 1.807) is 6.07 Å². The summed E-state index contributed by atoms with van der Waals surface area (Å²) in [4.78, 5) is 12.5. The number of non-ortho nitro benzene ring substituents is 1. The minimum atomic E-state index is -0.460. The van der Waals surface area contributed by atoms with Gasteiger partial charge in [0.25, 0.3) is 5.69 Å². The second kappa shape index (κ2) is 5.70. The monoisotopic (exact) mass is 259 g/mol. The molecule has 1 aliphatic rings. The van der Waals surface area contributed by atoms with Crippen LogP contribution in [-0.2, 0) is 0 Å². The fraction of sp³-hybridized carbons (Fsp3) is 0.500. The first kappa shape index (κ1) is 13.3. The van der Waals surface area contributed by atoms with Gasteiger partial charge in [-0.05, 0) is 31.7 Å². The Bertz CT molecular complexity index is 522. The zero-order valence-corrected chi connectivity index (χ0v) is 11.0. The van der Waals surface area contributed by atoms with E-state index in [-0.39, 0.29) is 5.69 Å². The number of nitrogens with zero attached hydrogens (tertiary/aromatic N) is 3. The first-order valence-electron chi connectivity index (χ1n) is 6.62. The second-order valence-corrected chi connectivity index (χ2v) is 4.82. The molecule has 0 bridgehead atoms. The van der Waals surface area contributed by atoms with Crippen molar-refractivity contribution in [2.24, 2.45) is 0 Å². The van der Waals surface area contributed by atoms with Crippen LogP contribution in [0.25, 0.3) is 0 Å². The van der Waals surface area contributed by atoms with E-state index < -0.39 is 4.92 Å². The van der Waals surface area contributed by atoms with E-state index in [1.165, 1.54) is 18.6 Å². The second-order valence-electron chi connectivity index (χ2n) is 4.82. The van der Waals surface area contributed by atoms with E-state index in [2.05, 4.69) is 17.9 Å². The van der Waals surface area contributed by atoms with E-state index in [1.807, 2.05) is 0 Å². The molecule has 1 atom stereocenters. The predicted octanol–water partition coefficient (Wildman–Crippen LogP) is 3.24. The SMILES string of the molecule is CC[C@H]1CCCCN1c1ccc([N+](=O)[O-])cc1C#N. The molecule has 0 unspecified atom stereocenters. The summed E-state index contributed by atoms with van der Waals surface area (Å²) in [6, 6.07) is 7.09. The Hall–Kier alpha value is -2.09. The third-order valence-electron chi connectivity index (χ3n) is 3.72. The fourth-order valence-corrected chi connectivity index (χ4v) is 2.72. The van der Waals surface area contributed by atoms with E-state index in [4.69, 9.17) is 0 Å². The van der Waals surface area contributed by atoms with Crippen LogP contribution in [0.2, 0.25) is 0 Å². The van der Waals surface area contributed by atoms with Crippen molar-refractivity contribution < 1.29 is 4.92 Å². The quantitative estimate of drug-likeness (QED) is 0.617. The summed E-state index contributed by atoms with van der Waals surface area (Å²) in [5.41, 5.74) is 1.21. The van der Waals surface area contributed by atoms with Gasteiger partial charge in [-0.3, -0.25) is 10.1 Å². The van der Waals surface area contributed by atoms with Crippen molar-refractivity contribution in [3.63, 3.8) is 0 Å². The van der Waals surface area contributed by atoms with E-state index in [0.29, 0.717) is 11.6 Å². The first-order valence-corrected chi connectivity index (χ1v) is 6.62. The van der Waals surface area contributed by atoms with Gasteiger partial charge in [0.15, 0.2) is 0 Å². The third-order valence-corrected chi connectivity index (χ3v) is 3.72. The van der Waals surface area contributed by atoms with Crippen LogP contribution in [0.5, 0.6) is 0 Å². The van der Waals surface area contributed by atoms with Crippen LogP contribution < -0.4 is 4.90 Å². The highest BCUT2D eigenvalue weighted by Gasteiger charge is 2.24. The maximum Gasteiger partial charge on any atom is 0.270 e. The molecule has 0 saturated carbocycles. The Morgan fingerprint density at radius 3 is 2.95 bits per heavy atom. The number of piperidine rings is 1. The van der Waals surface area contributed by atoms with Crippen molar-refractivity contribution in [1.29, 1.82) is 5.26 Å². The molecular formula is C14H17N3O2. The van der Waals surface area contributed by atoms with Crippen molar-refractivity contribution in [1.82, 2.24) is 0 Å². The molecular weight excluding hydrogens is 242 g/mol. The predicted molar refractivity (Wildman–Crippen MR) is 73.1 cm³/mol. The Balaban J connectivity index is 2.38. The number of nitriles is 1. The van der Waals surface area contributed by atoms with Gasteiger partial charge in [-0.1, -0.05) is 6.92 Å². The number of nitro benzene ring substituents is 1. The molecule has 100 valence electrons. The lowest BCUT2D eigenvalue weighted by Gasteiger charge is -2.37. The Morgan fingerprint density at radius 2 is 2.32 bits per heavy atom. The van der Waals surface area contributed by atoms with Crippen molar-refractivity contribution in [3.05, 3.63) is 33.9 Å². The summed E-state index contributed by atoms with van der Waals surface area (Å²) in [5, 5.41) is 20.0.